The highest BCUT2D eigenvalue weighted by molar-refractivity contribution is 5.79. The minimum atomic E-state index is 0.209. The summed E-state index contributed by atoms with van der Waals surface area (Å²) < 4.78 is 5.35. The van der Waals surface area contributed by atoms with Gasteiger partial charge in [0.15, 0.2) is 5.96 Å². The number of aliphatic imine (C=N–C) groups is 1. The second-order valence-electron chi connectivity index (χ2n) is 6.58. The summed E-state index contributed by atoms with van der Waals surface area (Å²) in [6, 6.07) is 8.42. The lowest BCUT2D eigenvalue weighted by atomic mass is 10.1. The van der Waals surface area contributed by atoms with E-state index in [0.717, 1.165) is 31.2 Å². The van der Waals surface area contributed by atoms with Crippen molar-refractivity contribution in [2.24, 2.45) is 10.9 Å². The quantitative estimate of drug-likeness (QED) is 0.538. The van der Waals surface area contributed by atoms with Crippen molar-refractivity contribution in [3.63, 3.8) is 0 Å². The number of methoxy groups -OCH3 is 1. The molecule has 1 unspecified atom stereocenters. The normalized spacial score (nSPS) is 13.2. The largest absolute Gasteiger partial charge is 0.497 e. The van der Waals surface area contributed by atoms with Crippen molar-refractivity contribution in [1.82, 2.24) is 15.5 Å². The Morgan fingerprint density at radius 2 is 2.00 bits per heavy atom. The fourth-order valence-electron chi connectivity index (χ4n) is 2.41. The third-order valence-corrected chi connectivity index (χ3v) is 3.88. The van der Waals surface area contributed by atoms with Crippen LogP contribution in [0.2, 0.25) is 0 Å². The van der Waals surface area contributed by atoms with Gasteiger partial charge in [-0.15, -0.1) is 0 Å². The second kappa shape index (κ2) is 10.9. The molecular formula is C19H34N4O. The van der Waals surface area contributed by atoms with E-state index >= 15 is 0 Å². The van der Waals surface area contributed by atoms with E-state index < -0.39 is 0 Å². The van der Waals surface area contributed by atoms with Gasteiger partial charge in [-0.3, -0.25) is 4.99 Å². The predicted molar refractivity (Wildman–Crippen MR) is 103 cm³/mol. The van der Waals surface area contributed by atoms with E-state index in [4.69, 9.17) is 9.73 Å². The minimum Gasteiger partial charge on any atom is -0.497 e. The molecule has 5 heteroatoms. The van der Waals surface area contributed by atoms with Crippen LogP contribution in [0.1, 0.15) is 38.8 Å². The zero-order valence-electron chi connectivity index (χ0n) is 16.1. The van der Waals surface area contributed by atoms with Gasteiger partial charge in [-0.05, 0) is 51.1 Å². The molecule has 0 spiro atoms. The average molecular weight is 335 g/mol. The number of rotatable bonds is 9. The van der Waals surface area contributed by atoms with Crippen molar-refractivity contribution >= 4 is 5.96 Å². The molecule has 2 N–H and O–H groups in total. The van der Waals surface area contributed by atoms with E-state index in [1.807, 2.05) is 12.1 Å². The van der Waals surface area contributed by atoms with Crippen LogP contribution in [0, 0.1) is 5.92 Å². The molecule has 0 fully saturated rings. The summed E-state index contributed by atoms with van der Waals surface area (Å²) >= 11 is 0. The van der Waals surface area contributed by atoms with Crippen LogP contribution in [0.15, 0.2) is 29.3 Å². The Morgan fingerprint density at radius 1 is 1.25 bits per heavy atom. The molecule has 0 aliphatic carbocycles. The summed E-state index contributed by atoms with van der Waals surface area (Å²) in [4.78, 5) is 6.97. The lowest BCUT2D eigenvalue weighted by Crippen LogP contribution is -2.38. The lowest BCUT2D eigenvalue weighted by molar-refractivity contribution is 0.305. The van der Waals surface area contributed by atoms with Crippen molar-refractivity contribution in [2.45, 2.75) is 33.2 Å². The molecule has 0 saturated heterocycles. The molecule has 0 amide bonds. The molecule has 1 aromatic rings. The third kappa shape index (κ3) is 7.21. The zero-order chi connectivity index (χ0) is 17.9. The maximum absolute atomic E-state index is 5.35. The Morgan fingerprint density at radius 3 is 2.58 bits per heavy atom. The van der Waals surface area contributed by atoms with E-state index in [9.17, 15) is 0 Å². The summed E-state index contributed by atoms with van der Waals surface area (Å²) in [6.07, 6.45) is 1.14. The first-order chi connectivity index (χ1) is 11.5. The van der Waals surface area contributed by atoms with Crippen LogP contribution in [0.4, 0.5) is 0 Å². The molecule has 24 heavy (non-hydrogen) atoms. The van der Waals surface area contributed by atoms with Crippen LogP contribution in [0.3, 0.4) is 0 Å². The summed E-state index contributed by atoms with van der Waals surface area (Å²) in [7, 11) is 5.86. The number of hydrogen-bond acceptors (Lipinski definition) is 3. The Kier molecular flexibility index (Phi) is 9.23. The van der Waals surface area contributed by atoms with E-state index in [1.54, 1.807) is 7.11 Å². The maximum Gasteiger partial charge on any atom is 0.191 e. The molecule has 0 heterocycles. The lowest BCUT2D eigenvalue weighted by Gasteiger charge is -2.24. The molecule has 0 aliphatic heterocycles. The van der Waals surface area contributed by atoms with Gasteiger partial charge in [-0.1, -0.05) is 26.0 Å². The van der Waals surface area contributed by atoms with Crippen LogP contribution < -0.4 is 15.4 Å². The van der Waals surface area contributed by atoms with Gasteiger partial charge in [0.25, 0.3) is 0 Å². The number of ether oxygens (including phenoxy) is 1. The summed E-state index contributed by atoms with van der Waals surface area (Å²) in [5.41, 5.74) is 1.21. The highest BCUT2D eigenvalue weighted by Gasteiger charge is 2.14. The SMILES string of the molecule is CCNC(=NCC(c1cccc(OC)c1)N(C)C)NCCC(C)C. The van der Waals surface area contributed by atoms with Gasteiger partial charge >= 0.3 is 0 Å². The Labute approximate surface area is 147 Å². The third-order valence-electron chi connectivity index (χ3n) is 3.88. The van der Waals surface area contributed by atoms with E-state index in [0.29, 0.717) is 12.5 Å². The van der Waals surface area contributed by atoms with Gasteiger partial charge in [0.1, 0.15) is 5.75 Å². The monoisotopic (exact) mass is 334 g/mol. The van der Waals surface area contributed by atoms with E-state index in [-0.39, 0.29) is 6.04 Å². The van der Waals surface area contributed by atoms with Gasteiger partial charge in [0, 0.05) is 13.1 Å². The van der Waals surface area contributed by atoms with E-state index in [2.05, 4.69) is 62.5 Å². The van der Waals surface area contributed by atoms with E-state index in [1.165, 1.54) is 5.56 Å². The molecule has 5 nitrogen and oxygen atoms in total. The maximum atomic E-state index is 5.35. The smallest absolute Gasteiger partial charge is 0.191 e. The van der Waals surface area contributed by atoms with Crippen LogP contribution >= 0.6 is 0 Å². The number of likely N-dealkylation sites (N-methyl/N-ethyl adjacent to an activating group) is 1. The first-order valence-electron chi connectivity index (χ1n) is 8.80. The van der Waals surface area contributed by atoms with Crippen molar-refractivity contribution < 1.29 is 4.74 Å². The topological polar surface area (TPSA) is 48.9 Å². The molecular weight excluding hydrogens is 300 g/mol. The average Bonchev–Trinajstić information content (AvgIpc) is 2.54. The summed E-state index contributed by atoms with van der Waals surface area (Å²) in [6.45, 7) is 9.05. The highest BCUT2D eigenvalue weighted by atomic mass is 16.5. The van der Waals surface area contributed by atoms with Gasteiger partial charge in [-0.2, -0.15) is 0 Å². The molecule has 0 saturated carbocycles. The number of benzene rings is 1. The second-order valence-corrected chi connectivity index (χ2v) is 6.58. The standard InChI is InChI=1S/C19H34N4O/c1-7-20-19(21-12-11-15(2)3)22-14-18(23(4)5)16-9-8-10-17(13-16)24-6/h8-10,13,15,18H,7,11-12,14H2,1-6H3,(H2,20,21,22). The first kappa shape index (κ1) is 20.3. The summed E-state index contributed by atoms with van der Waals surface area (Å²) in [5.74, 6) is 2.45. The number of nitrogens with one attached hydrogen (secondary N) is 2. The number of hydrogen-bond donors (Lipinski definition) is 2. The van der Waals surface area contributed by atoms with Gasteiger partial charge in [0.2, 0.25) is 0 Å². The van der Waals surface area contributed by atoms with Crippen molar-refractivity contribution in [1.29, 1.82) is 0 Å². The predicted octanol–water partition coefficient (Wildman–Crippen LogP) is 2.90. The van der Waals surface area contributed by atoms with Gasteiger partial charge in [-0.25, -0.2) is 0 Å². The summed E-state index contributed by atoms with van der Waals surface area (Å²) in [5, 5.41) is 6.74. The Hall–Kier alpha value is -1.75. The fraction of sp³-hybridized carbons (Fsp3) is 0.632. The minimum absolute atomic E-state index is 0.209. The molecule has 1 rings (SSSR count). The molecule has 0 aliphatic rings. The van der Waals surface area contributed by atoms with Crippen molar-refractivity contribution in [3.8, 4) is 5.75 Å². The van der Waals surface area contributed by atoms with Gasteiger partial charge < -0.3 is 20.3 Å². The fourth-order valence-corrected chi connectivity index (χ4v) is 2.41. The van der Waals surface area contributed by atoms with Gasteiger partial charge in [0.05, 0.1) is 19.7 Å². The first-order valence-corrected chi connectivity index (χ1v) is 8.80. The van der Waals surface area contributed by atoms with Crippen LogP contribution in [-0.4, -0.2) is 51.7 Å². The number of nitrogens with zero attached hydrogens (tertiary/aromatic N) is 2. The Bertz CT molecular complexity index is 500. The Balaban J connectivity index is 2.80. The van der Waals surface area contributed by atoms with Crippen molar-refractivity contribution in [2.75, 3.05) is 40.8 Å². The molecule has 1 aromatic carbocycles. The van der Waals surface area contributed by atoms with Crippen LogP contribution in [0.25, 0.3) is 0 Å². The molecule has 0 bridgehead atoms. The van der Waals surface area contributed by atoms with Crippen molar-refractivity contribution in [3.05, 3.63) is 29.8 Å². The molecule has 136 valence electrons. The zero-order valence-corrected chi connectivity index (χ0v) is 16.1. The molecule has 0 radical (unpaired) electrons. The number of guanidine groups is 1. The highest BCUT2D eigenvalue weighted by Crippen LogP contribution is 2.22. The molecule has 0 aromatic heterocycles. The van der Waals surface area contributed by atoms with Crippen LogP contribution in [0.5, 0.6) is 5.75 Å². The van der Waals surface area contributed by atoms with Crippen LogP contribution in [-0.2, 0) is 0 Å². The molecule has 1 atom stereocenters.